The van der Waals surface area contributed by atoms with Gasteiger partial charge >= 0.3 is 11.9 Å². The smallest absolute Gasteiger partial charge is 0.306 e. The molecular weight excluding hydrogens is 1050 g/mol. The molecule has 0 aliphatic carbocycles. The Hall–Kier alpha value is -3.27. The van der Waals surface area contributed by atoms with Gasteiger partial charge in [-0.2, -0.15) is 0 Å². The van der Waals surface area contributed by atoms with Crippen LogP contribution in [0, 0.1) is 0 Å². The molecule has 9 heteroatoms. The number of unbranched alkanes of at least 4 members (excludes halogenated alkanes) is 40. The largest absolute Gasteiger partial charge is 0.545 e. The lowest BCUT2D eigenvalue weighted by Crippen LogP contribution is -2.44. The van der Waals surface area contributed by atoms with Crippen LogP contribution in [-0.2, 0) is 33.3 Å². The van der Waals surface area contributed by atoms with Crippen LogP contribution in [0.25, 0.3) is 0 Å². The molecule has 2 atom stereocenters. The third-order valence-electron chi connectivity index (χ3n) is 16.0. The number of carbonyl (C=O) groups is 3. The minimum absolute atomic E-state index is 0.121. The van der Waals surface area contributed by atoms with E-state index >= 15 is 0 Å². The molecule has 0 aromatic rings. The summed E-state index contributed by atoms with van der Waals surface area (Å²) in [4.78, 5) is 37.3. The number of hydrogen-bond donors (Lipinski definition) is 0. The van der Waals surface area contributed by atoms with Crippen molar-refractivity contribution in [2.75, 3.05) is 47.5 Å². The number of allylic oxidation sites excluding steroid dienone is 12. The van der Waals surface area contributed by atoms with Gasteiger partial charge in [0.15, 0.2) is 12.4 Å². The average Bonchev–Trinajstić information content (AvgIpc) is 3.48. The van der Waals surface area contributed by atoms with Crippen molar-refractivity contribution in [2.45, 2.75) is 347 Å². The van der Waals surface area contributed by atoms with Gasteiger partial charge in [0.05, 0.1) is 40.3 Å². The number of quaternary nitrogens is 1. The van der Waals surface area contributed by atoms with E-state index in [0.717, 1.165) is 57.8 Å². The zero-order valence-electron chi connectivity index (χ0n) is 56.5. The highest BCUT2D eigenvalue weighted by molar-refractivity contribution is 5.70. The number of likely N-dealkylation sites (N-methyl/N-ethyl adjacent to an activating group) is 1. The van der Waals surface area contributed by atoms with E-state index in [4.69, 9.17) is 18.9 Å². The highest BCUT2D eigenvalue weighted by atomic mass is 16.7. The molecule has 0 amide bonds. The van der Waals surface area contributed by atoms with Gasteiger partial charge in [0, 0.05) is 12.8 Å². The van der Waals surface area contributed by atoms with Crippen molar-refractivity contribution in [2.24, 2.45) is 0 Å². The fraction of sp³-hybridized carbons (Fsp3) is 0.803. The Morgan fingerprint density at radius 3 is 0.976 bits per heavy atom. The molecule has 0 rings (SSSR count). The Labute approximate surface area is 526 Å². The molecule has 0 aromatic heterocycles. The van der Waals surface area contributed by atoms with Crippen molar-refractivity contribution in [3.8, 4) is 0 Å². The highest BCUT2D eigenvalue weighted by Crippen LogP contribution is 2.19. The third kappa shape index (κ3) is 68.1. The SMILES string of the molecule is CC/C=C\C/C=C\C/C=C\C/C=C\C/C=C\C/C=C\CCC(=O)OC(COC(=O)CCCCCCCCCCCCCCCCCCCCCCCCCCCCCCCCCCCCCCCCCCC)COC(OCC[N+](C)(C)C)C(=O)[O-]. The van der Waals surface area contributed by atoms with Crippen molar-refractivity contribution < 1.29 is 42.9 Å². The molecule has 0 spiro atoms. The molecule has 0 saturated heterocycles. The summed E-state index contributed by atoms with van der Waals surface area (Å²) in [5.74, 6) is -2.39. The van der Waals surface area contributed by atoms with Crippen LogP contribution in [0.3, 0.4) is 0 Å². The number of carboxylic acids is 1. The standard InChI is InChI=1S/C76H137NO8/c1-6-8-10-12-14-16-18-20-22-24-26-27-28-29-30-31-32-33-34-35-36-37-38-39-40-41-42-43-44-45-46-47-49-50-52-54-56-58-60-62-64-66-73(78)83-70-72(71-84-76(75(80)81)82-69-68-77(3,4)5)85-74(79)67-65-63-61-59-57-55-53-51-48-25-23-21-19-17-15-13-11-9-7-2/h9,11,15,17,21,23,48,51,55,57,61,63,72,76H,6-8,10,12-14,16,18-20,22,24-47,49-50,52-54,56,58-60,62,64-71H2,1-5H3/b11-9-,17-15-,23-21-,51-48-,57-55-,63-61-. The van der Waals surface area contributed by atoms with Crippen molar-refractivity contribution in [3.63, 3.8) is 0 Å². The second-order valence-electron chi connectivity index (χ2n) is 25.5. The predicted octanol–water partition coefficient (Wildman–Crippen LogP) is 21.1. The number of nitrogens with zero attached hydrogens (tertiary/aromatic N) is 1. The van der Waals surface area contributed by atoms with E-state index in [0.29, 0.717) is 17.4 Å². The van der Waals surface area contributed by atoms with Gasteiger partial charge in [-0.1, -0.05) is 344 Å². The van der Waals surface area contributed by atoms with Crippen LogP contribution in [0.15, 0.2) is 72.9 Å². The summed E-state index contributed by atoms with van der Waals surface area (Å²) >= 11 is 0. The average molecular weight is 1190 g/mol. The third-order valence-corrected chi connectivity index (χ3v) is 16.0. The maximum absolute atomic E-state index is 12.8. The van der Waals surface area contributed by atoms with E-state index in [1.54, 1.807) is 0 Å². The quantitative estimate of drug-likeness (QED) is 0.0195. The summed E-state index contributed by atoms with van der Waals surface area (Å²) in [6.45, 7) is 4.58. The predicted molar refractivity (Wildman–Crippen MR) is 361 cm³/mol. The normalized spacial score (nSPS) is 13.1. The van der Waals surface area contributed by atoms with Gasteiger partial charge in [-0.15, -0.1) is 0 Å². The maximum atomic E-state index is 12.8. The van der Waals surface area contributed by atoms with Crippen LogP contribution in [0.4, 0.5) is 0 Å². The van der Waals surface area contributed by atoms with E-state index in [1.165, 1.54) is 244 Å². The Balaban J connectivity index is 3.96. The number of ether oxygens (including phenoxy) is 4. The minimum atomic E-state index is -1.64. The minimum Gasteiger partial charge on any atom is -0.545 e. The van der Waals surface area contributed by atoms with Gasteiger partial charge in [0.25, 0.3) is 0 Å². The van der Waals surface area contributed by atoms with Crippen LogP contribution < -0.4 is 5.11 Å². The molecule has 0 saturated carbocycles. The molecular formula is C76H137NO8. The van der Waals surface area contributed by atoms with Gasteiger partial charge < -0.3 is 33.3 Å². The first-order chi connectivity index (χ1) is 41.6. The van der Waals surface area contributed by atoms with Gasteiger partial charge in [-0.05, 0) is 51.4 Å². The molecule has 9 nitrogen and oxygen atoms in total. The Bertz CT molecular complexity index is 1620. The first kappa shape index (κ1) is 81.7. The molecule has 494 valence electrons. The lowest BCUT2D eigenvalue weighted by atomic mass is 10.0. The summed E-state index contributed by atoms with van der Waals surface area (Å²) in [6.07, 6.45) is 86.3. The molecule has 0 aliphatic rings. The fourth-order valence-corrected chi connectivity index (χ4v) is 10.5. The zero-order chi connectivity index (χ0) is 61.9. The summed E-state index contributed by atoms with van der Waals surface area (Å²) in [7, 11) is 5.90. The molecule has 2 unspecified atom stereocenters. The first-order valence-electron chi connectivity index (χ1n) is 36.1. The van der Waals surface area contributed by atoms with E-state index in [9.17, 15) is 19.5 Å². The van der Waals surface area contributed by atoms with Crippen LogP contribution in [0.1, 0.15) is 335 Å². The number of aliphatic carboxylic acids is 1. The van der Waals surface area contributed by atoms with Crippen LogP contribution in [0.5, 0.6) is 0 Å². The maximum Gasteiger partial charge on any atom is 0.306 e. The van der Waals surface area contributed by atoms with Crippen molar-refractivity contribution in [3.05, 3.63) is 72.9 Å². The lowest BCUT2D eigenvalue weighted by Gasteiger charge is -2.26. The van der Waals surface area contributed by atoms with Crippen molar-refractivity contribution in [1.29, 1.82) is 0 Å². The molecule has 85 heavy (non-hydrogen) atoms. The summed E-state index contributed by atoms with van der Waals surface area (Å²) in [5, 5.41) is 11.8. The molecule has 0 heterocycles. The van der Waals surface area contributed by atoms with Crippen molar-refractivity contribution in [1.82, 2.24) is 0 Å². The van der Waals surface area contributed by atoms with E-state index in [-0.39, 0.29) is 38.6 Å². The number of esters is 2. The number of hydrogen-bond acceptors (Lipinski definition) is 8. The van der Waals surface area contributed by atoms with E-state index < -0.39 is 24.3 Å². The fourth-order valence-electron chi connectivity index (χ4n) is 10.5. The van der Waals surface area contributed by atoms with Gasteiger partial charge in [-0.25, -0.2) is 0 Å². The summed E-state index contributed by atoms with van der Waals surface area (Å²) in [5.41, 5.74) is 0. The first-order valence-corrected chi connectivity index (χ1v) is 36.1. The Morgan fingerprint density at radius 2 is 0.671 bits per heavy atom. The molecule has 0 aliphatic heterocycles. The molecule has 0 N–H and O–H groups in total. The zero-order valence-corrected chi connectivity index (χ0v) is 56.5. The number of rotatable bonds is 67. The molecule has 0 bridgehead atoms. The lowest BCUT2D eigenvalue weighted by molar-refractivity contribution is -0.870. The molecule has 0 aromatic carbocycles. The summed E-state index contributed by atoms with van der Waals surface area (Å²) in [6, 6.07) is 0. The highest BCUT2D eigenvalue weighted by Gasteiger charge is 2.22. The van der Waals surface area contributed by atoms with Gasteiger partial charge in [0.1, 0.15) is 13.2 Å². The number of carboxylic acid groups (broad SMARTS) is 1. The second-order valence-corrected chi connectivity index (χ2v) is 25.5. The molecule has 0 radical (unpaired) electrons. The second kappa shape index (κ2) is 66.7. The van der Waals surface area contributed by atoms with Crippen LogP contribution >= 0.6 is 0 Å². The van der Waals surface area contributed by atoms with Gasteiger partial charge in [0.2, 0.25) is 0 Å². The topological polar surface area (TPSA) is 111 Å². The monoisotopic (exact) mass is 1190 g/mol. The van der Waals surface area contributed by atoms with Crippen molar-refractivity contribution >= 4 is 17.9 Å². The van der Waals surface area contributed by atoms with E-state index in [2.05, 4.69) is 74.6 Å². The van der Waals surface area contributed by atoms with Crippen LogP contribution in [0.2, 0.25) is 0 Å². The number of carbonyl (C=O) groups excluding carboxylic acids is 3. The van der Waals surface area contributed by atoms with Crippen LogP contribution in [-0.4, -0.2) is 82.3 Å². The Kier molecular flexibility index (Phi) is 64.1. The Morgan fingerprint density at radius 1 is 0.365 bits per heavy atom. The van der Waals surface area contributed by atoms with Gasteiger partial charge in [-0.3, -0.25) is 9.59 Å². The van der Waals surface area contributed by atoms with E-state index in [1.807, 2.05) is 33.3 Å². The summed E-state index contributed by atoms with van der Waals surface area (Å²) < 4.78 is 22.7. The molecule has 0 fully saturated rings.